The van der Waals surface area contributed by atoms with Crippen molar-refractivity contribution in [2.75, 3.05) is 17.7 Å². The Bertz CT molecular complexity index is 904. The topological polar surface area (TPSA) is 63.2 Å². The second kappa shape index (κ2) is 8.36. The summed E-state index contributed by atoms with van der Waals surface area (Å²) in [4.78, 5) is 16.7. The van der Waals surface area contributed by atoms with E-state index in [0.29, 0.717) is 17.3 Å². The Morgan fingerprint density at radius 3 is 2.41 bits per heavy atom. The molecule has 1 heterocycles. The summed E-state index contributed by atoms with van der Waals surface area (Å²) >= 11 is 0. The average molecular weight is 361 g/mol. The fourth-order valence-corrected chi connectivity index (χ4v) is 2.61. The van der Waals surface area contributed by atoms with Crippen molar-refractivity contribution in [3.05, 3.63) is 78.0 Å². The lowest BCUT2D eigenvalue weighted by molar-refractivity contribution is 0.102. The summed E-state index contributed by atoms with van der Waals surface area (Å²) < 4.78 is 5.21. The highest BCUT2D eigenvalue weighted by atomic mass is 16.5. The summed E-state index contributed by atoms with van der Waals surface area (Å²) in [5, 5.41) is 6.08. The minimum atomic E-state index is -0.187. The van der Waals surface area contributed by atoms with Crippen molar-refractivity contribution >= 4 is 23.1 Å². The lowest BCUT2D eigenvalue weighted by Gasteiger charge is -2.10. The number of nitrogens with one attached hydrogen (secondary N) is 2. The summed E-state index contributed by atoms with van der Waals surface area (Å²) in [7, 11) is 1.63. The van der Waals surface area contributed by atoms with Crippen LogP contribution in [0.1, 0.15) is 35.7 Å². The molecule has 1 amide bonds. The number of carbonyl (C=O) groups is 1. The normalized spacial score (nSPS) is 10.5. The predicted molar refractivity (Wildman–Crippen MR) is 109 cm³/mol. The van der Waals surface area contributed by atoms with Crippen LogP contribution in [0.5, 0.6) is 5.75 Å². The Morgan fingerprint density at radius 2 is 1.78 bits per heavy atom. The molecule has 27 heavy (non-hydrogen) atoms. The van der Waals surface area contributed by atoms with Gasteiger partial charge in [-0.3, -0.25) is 4.79 Å². The number of amides is 1. The molecule has 5 heteroatoms. The van der Waals surface area contributed by atoms with Crippen LogP contribution in [0.15, 0.2) is 66.9 Å². The molecule has 0 saturated heterocycles. The molecule has 5 nitrogen and oxygen atoms in total. The number of anilines is 3. The fraction of sp³-hybridized carbons (Fsp3) is 0.182. The van der Waals surface area contributed by atoms with Crippen molar-refractivity contribution in [1.82, 2.24) is 4.98 Å². The van der Waals surface area contributed by atoms with Crippen LogP contribution in [-0.2, 0) is 0 Å². The largest absolute Gasteiger partial charge is 0.497 e. The molecule has 0 aliphatic heterocycles. The van der Waals surface area contributed by atoms with Gasteiger partial charge in [0.1, 0.15) is 11.6 Å². The molecule has 0 atom stereocenters. The van der Waals surface area contributed by atoms with Crippen LogP contribution in [0.25, 0.3) is 0 Å². The molecule has 1 aromatic heterocycles. The van der Waals surface area contributed by atoms with Crippen LogP contribution >= 0.6 is 0 Å². The molecule has 0 radical (unpaired) electrons. The van der Waals surface area contributed by atoms with Gasteiger partial charge in [-0.2, -0.15) is 0 Å². The van der Waals surface area contributed by atoms with E-state index in [1.807, 2.05) is 48.5 Å². The zero-order valence-electron chi connectivity index (χ0n) is 15.7. The highest BCUT2D eigenvalue weighted by Gasteiger charge is 2.08. The second-order valence-electron chi connectivity index (χ2n) is 6.52. The summed E-state index contributed by atoms with van der Waals surface area (Å²) in [6, 6.07) is 19.0. The van der Waals surface area contributed by atoms with Crippen molar-refractivity contribution in [3.8, 4) is 5.75 Å². The molecule has 0 bridgehead atoms. The van der Waals surface area contributed by atoms with E-state index >= 15 is 0 Å². The first-order valence-electron chi connectivity index (χ1n) is 8.83. The van der Waals surface area contributed by atoms with E-state index in [0.717, 1.165) is 17.1 Å². The Morgan fingerprint density at radius 1 is 1.00 bits per heavy atom. The fourth-order valence-electron chi connectivity index (χ4n) is 2.61. The third-order valence-corrected chi connectivity index (χ3v) is 4.20. The number of methoxy groups -OCH3 is 1. The number of rotatable bonds is 6. The molecular formula is C22H23N3O2. The van der Waals surface area contributed by atoms with Crippen molar-refractivity contribution in [2.45, 2.75) is 19.8 Å². The third-order valence-electron chi connectivity index (χ3n) is 4.20. The van der Waals surface area contributed by atoms with Crippen molar-refractivity contribution < 1.29 is 9.53 Å². The highest BCUT2D eigenvalue weighted by molar-refractivity contribution is 6.04. The van der Waals surface area contributed by atoms with Crippen molar-refractivity contribution in [1.29, 1.82) is 0 Å². The van der Waals surface area contributed by atoms with Gasteiger partial charge in [-0.25, -0.2) is 4.98 Å². The second-order valence-corrected chi connectivity index (χ2v) is 6.52. The molecule has 3 rings (SSSR count). The van der Waals surface area contributed by atoms with Crippen LogP contribution in [0, 0.1) is 0 Å². The number of nitrogens with zero attached hydrogens (tertiary/aromatic N) is 1. The molecule has 3 aromatic rings. The maximum atomic E-state index is 12.4. The Balaban J connectivity index is 1.64. The maximum Gasteiger partial charge on any atom is 0.257 e. The van der Waals surface area contributed by atoms with Crippen LogP contribution in [0.3, 0.4) is 0 Å². The van der Waals surface area contributed by atoms with Gasteiger partial charge in [0.25, 0.3) is 5.91 Å². The van der Waals surface area contributed by atoms with Crippen LogP contribution in [0.4, 0.5) is 17.2 Å². The number of pyridine rings is 1. The van der Waals surface area contributed by atoms with Gasteiger partial charge in [0.2, 0.25) is 0 Å². The molecule has 0 unspecified atom stereocenters. The highest BCUT2D eigenvalue weighted by Crippen LogP contribution is 2.21. The van der Waals surface area contributed by atoms with E-state index < -0.39 is 0 Å². The predicted octanol–water partition coefficient (Wildman–Crippen LogP) is 5.21. The maximum absolute atomic E-state index is 12.4. The number of ether oxygens (including phenoxy) is 1. The Kier molecular flexibility index (Phi) is 5.71. The average Bonchev–Trinajstić information content (AvgIpc) is 2.69. The van der Waals surface area contributed by atoms with Gasteiger partial charge < -0.3 is 15.4 Å². The van der Waals surface area contributed by atoms with Gasteiger partial charge >= 0.3 is 0 Å². The number of aromatic nitrogens is 1. The van der Waals surface area contributed by atoms with E-state index in [9.17, 15) is 4.79 Å². The van der Waals surface area contributed by atoms with E-state index in [4.69, 9.17) is 4.74 Å². The molecule has 2 aromatic carbocycles. The standard InChI is InChI=1S/C22H23N3O2/c1-15(2)16-7-10-18(11-8-16)25-22(26)17-9-12-21(23-14-17)24-19-5-4-6-20(13-19)27-3/h4-15H,1-3H3,(H,23,24)(H,25,26). The van der Waals surface area contributed by atoms with Gasteiger partial charge in [0.05, 0.1) is 12.7 Å². The summed E-state index contributed by atoms with van der Waals surface area (Å²) in [5.41, 5.74) is 3.37. The first kappa shape index (κ1) is 18.5. The monoisotopic (exact) mass is 361 g/mol. The molecule has 0 saturated carbocycles. The minimum Gasteiger partial charge on any atom is -0.497 e. The van der Waals surface area contributed by atoms with E-state index in [2.05, 4.69) is 29.5 Å². The number of hydrogen-bond donors (Lipinski definition) is 2. The molecule has 2 N–H and O–H groups in total. The number of carbonyl (C=O) groups excluding carboxylic acids is 1. The molecule has 0 aliphatic carbocycles. The SMILES string of the molecule is COc1cccc(Nc2ccc(C(=O)Nc3ccc(C(C)C)cc3)cn2)c1. The van der Waals surface area contributed by atoms with E-state index in [1.54, 1.807) is 25.4 Å². The smallest absolute Gasteiger partial charge is 0.257 e. The quantitative estimate of drug-likeness (QED) is 0.633. The van der Waals surface area contributed by atoms with Gasteiger partial charge in [-0.1, -0.05) is 32.0 Å². The van der Waals surface area contributed by atoms with Gasteiger partial charge in [-0.15, -0.1) is 0 Å². The van der Waals surface area contributed by atoms with Gasteiger partial charge in [0, 0.05) is 23.6 Å². The van der Waals surface area contributed by atoms with Crippen molar-refractivity contribution in [3.63, 3.8) is 0 Å². The molecular weight excluding hydrogens is 338 g/mol. The summed E-state index contributed by atoms with van der Waals surface area (Å²) in [5.74, 6) is 1.69. The summed E-state index contributed by atoms with van der Waals surface area (Å²) in [6.07, 6.45) is 1.56. The number of benzene rings is 2. The van der Waals surface area contributed by atoms with E-state index in [-0.39, 0.29) is 5.91 Å². The number of hydrogen-bond acceptors (Lipinski definition) is 4. The zero-order valence-corrected chi connectivity index (χ0v) is 15.7. The first-order chi connectivity index (χ1) is 13.0. The molecule has 0 fully saturated rings. The lowest BCUT2D eigenvalue weighted by atomic mass is 10.0. The molecule has 0 spiro atoms. The third kappa shape index (κ3) is 4.85. The molecule has 138 valence electrons. The van der Waals surface area contributed by atoms with Gasteiger partial charge in [0.15, 0.2) is 0 Å². The minimum absolute atomic E-state index is 0.187. The first-order valence-corrected chi connectivity index (χ1v) is 8.83. The van der Waals surface area contributed by atoms with Crippen molar-refractivity contribution in [2.24, 2.45) is 0 Å². The van der Waals surface area contributed by atoms with E-state index in [1.165, 1.54) is 5.56 Å². The molecule has 0 aliphatic rings. The Labute approximate surface area is 159 Å². The van der Waals surface area contributed by atoms with Crippen LogP contribution < -0.4 is 15.4 Å². The Hall–Kier alpha value is -3.34. The van der Waals surface area contributed by atoms with Crippen LogP contribution in [0.2, 0.25) is 0 Å². The van der Waals surface area contributed by atoms with Gasteiger partial charge in [-0.05, 0) is 47.9 Å². The van der Waals surface area contributed by atoms with Crippen LogP contribution in [-0.4, -0.2) is 18.0 Å². The lowest BCUT2D eigenvalue weighted by Crippen LogP contribution is -2.12. The summed E-state index contributed by atoms with van der Waals surface area (Å²) in [6.45, 7) is 4.28. The zero-order chi connectivity index (χ0) is 19.2.